The largest absolute Gasteiger partial charge is 0.485 e. The van der Waals surface area contributed by atoms with Crippen molar-refractivity contribution in [1.29, 1.82) is 0 Å². The highest BCUT2D eigenvalue weighted by atomic mass is 16.5. The summed E-state index contributed by atoms with van der Waals surface area (Å²) in [4.78, 5) is 10.8. The van der Waals surface area contributed by atoms with Crippen molar-refractivity contribution in [2.45, 2.75) is 38.2 Å². The third kappa shape index (κ3) is 5.33. The Hall–Kier alpha value is -5.02. The van der Waals surface area contributed by atoms with Crippen molar-refractivity contribution in [3.8, 4) is 28.0 Å². The molecular formula is C42H36N2O. The number of fused-ring (bicyclic) bond motifs is 3. The summed E-state index contributed by atoms with van der Waals surface area (Å²) >= 11 is 0. The van der Waals surface area contributed by atoms with E-state index in [2.05, 4.69) is 147 Å². The van der Waals surface area contributed by atoms with Crippen LogP contribution in [-0.4, -0.2) is 17.7 Å². The summed E-state index contributed by atoms with van der Waals surface area (Å²) in [6.07, 6.45) is 16.1. The van der Waals surface area contributed by atoms with Gasteiger partial charge in [0.25, 0.3) is 0 Å². The van der Waals surface area contributed by atoms with Crippen LogP contribution in [0.2, 0.25) is 0 Å². The molecule has 2 aliphatic heterocycles. The molecule has 2 aliphatic carbocycles. The molecule has 4 aromatic rings. The molecule has 3 heteroatoms. The second-order valence-electron chi connectivity index (χ2n) is 12.5. The van der Waals surface area contributed by atoms with Gasteiger partial charge in [0.1, 0.15) is 11.9 Å². The Morgan fingerprint density at radius 3 is 2.07 bits per heavy atom. The highest BCUT2D eigenvalue weighted by molar-refractivity contribution is 6.09. The molecular weight excluding hydrogens is 548 g/mol. The van der Waals surface area contributed by atoms with Gasteiger partial charge in [0.2, 0.25) is 0 Å². The number of hydrogen-bond acceptors (Lipinski definition) is 3. The number of amidine groups is 1. The summed E-state index contributed by atoms with van der Waals surface area (Å²) in [6, 6.07) is 36.6. The number of rotatable bonds is 5. The van der Waals surface area contributed by atoms with Gasteiger partial charge in [-0.15, -0.1) is 0 Å². The van der Waals surface area contributed by atoms with Gasteiger partial charge in [-0.25, -0.2) is 9.98 Å². The van der Waals surface area contributed by atoms with Crippen LogP contribution < -0.4 is 4.74 Å². The zero-order valence-corrected chi connectivity index (χ0v) is 25.5. The summed E-state index contributed by atoms with van der Waals surface area (Å²) in [5.74, 6) is 2.50. The van der Waals surface area contributed by atoms with Gasteiger partial charge < -0.3 is 4.74 Å². The van der Waals surface area contributed by atoms with Gasteiger partial charge >= 0.3 is 0 Å². The molecule has 4 aromatic carbocycles. The maximum atomic E-state index is 6.64. The number of allylic oxidation sites excluding steroid dienone is 7. The highest BCUT2D eigenvalue weighted by Crippen LogP contribution is 2.51. The van der Waals surface area contributed by atoms with E-state index < -0.39 is 0 Å². The van der Waals surface area contributed by atoms with Gasteiger partial charge in [0.05, 0.1) is 0 Å². The molecule has 220 valence electrons. The third-order valence-corrected chi connectivity index (χ3v) is 9.62. The molecule has 45 heavy (non-hydrogen) atoms. The minimum absolute atomic E-state index is 0.00364. The molecule has 8 rings (SSSR count). The standard InChI is InChI=1S/C42H36N2O/c1-28-26-37(32-16-9-4-10-17-32)43-42(33-22-20-31(21-23-33)29-12-5-2-6-13-29)44-41(28)36-18-11-19-38-40(36)35-25-24-34(27-39(35)45-38)30-14-7-3-8-15-30/h2-16,19-25,27,32,36,38,40H,17-18,26H2,1H3. The molecule has 0 N–H and O–H groups in total. The molecule has 0 saturated carbocycles. The Bertz CT molecular complexity index is 1910. The van der Waals surface area contributed by atoms with Crippen molar-refractivity contribution in [3.63, 3.8) is 0 Å². The van der Waals surface area contributed by atoms with Crippen molar-refractivity contribution < 1.29 is 4.74 Å². The van der Waals surface area contributed by atoms with Crippen LogP contribution in [0.15, 0.2) is 161 Å². The van der Waals surface area contributed by atoms with E-state index in [0.717, 1.165) is 42.1 Å². The molecule has 0 radical (unpaired) electrons. The molecule has 0 bridgehead atoms. The van der Waals surface area contributed by atoms with Crippen molar-refractivity contribution in [2.24, 2.45) is 21.8 Å². The first-order chi connectivity index (χ1) is 22.2. The minimum Gasteiger partial charge on any atom is -0.485 e. The topological polar surface area (TPSA) is 34.0 Å². The van der Waals surface area contributed by atoms with Crippen molar-refractivity contribution in [1.82, 2.24) is 0 Å². The van der Waals surface area contributed by atoms with Crippen LogP contribution >= 0.6 is 0 Å². The summed E-state index contributed by atoms with van der Waals surface area (Å²) < 4.78 is 6.64. The second-order valence-corrected chi connectivity index (χ2v) is 12.5. The molecule has 0 amide bonds. The molecule has 0 aromatic heterocycles. The van der Waals surface area contributed by atoms with Crippen LogP contribution in [0.25, 0.3) is 22.3 Å². The molecule has 3 nitrogen and oxygen atoms in total. The zero-order valence-electron chi connectivity index (χ0n) is 25.5. The van der Waals surface area contributed by atoms with Crippen LogP contribution in [0.3, 0.4) is 0 Å². The Labute approximate surface area is 265 Å². The number of aliphatic imine (C=N–C) groups is 2. The first kappa shape index (κ1) is 27.5. The van der Waals surface area contributed by atoms with Gasteiger partial charge in [-0.2, -0.15) is 0 Å². The minimum atomic E-state index is 0.00364. The predicted molar refractivity (Wildman–Crippen MR) is 186 cm³/mol. The van der Waals surface area contributed by atoms with E-state index in [-0.39, 0.29) is 23.9 Å². The normalized spacial score (nSPS) is 23.5. The zero-order chi connectivity index (χ0) is 30.2. The lowest BCUT2D eigenvalue weighted by Crippen LogP contribution is -2.28. The van der Waals surface area contributed by atoms with E-state index in [1.807, 2.05) is 0 Å². The molecule has 0 spiro atoms. The van der Waals surface area contributed by atoms with E-state index in [0.29, 0.717) is 0 Å². The van der Waals surface area contributed by atoms with Gasteiger partial charge in [-0.05, 0) is 59.7 Å². The van der Waals surface area contributed by atoms with Gasteiger partial charge in [0.15, 0.2) is 5.84 Å². The second kappa shape index (κ2) is 11.8. The Morgan fingerprint density at radius 2 is 1.33 bits per heavy atom. The maximum Gasteiger partial charge on any atom is 0.159 e. The van der Waals surface area contributed by atoms with Crippen LogP contribution in [-0.2, 0) is 0 Å². The molecule has 0 saturated heterocycles. The smallest absolute Gasteiger partial charge is 0.159 e. The third-order valence-electron chi connectivity index (χ3n) is 9.62. The number of ether oxygens (including phenoxy) is 1. The van der Waals surface area contributed by atoms with Crippen LogP contribution in [0.5, 0.6) is 5.75 Å². The molecule has 0 fully saturated rings. The maximum absolute atomic E-state index is 6.64. The molecule has 4 aliphatic rings. The fourth-order valence-electron chi connectivity index (χ4n) is 7.30. The van der Waals surface area contributed by atoms with Gasteiger partial charge in [-0.1, -0.05) is 127 Å². The van der Waals surface area contributed by atoms with Crippen molar-refractivity contribution >= 4 is 11.5 Å². The highest BCUT2D eigenvalue weighted by Gasteiger charge is 2.42. The van der Waals surface area contributed by atoms with Gasteiger partial charge in [-0.3, -0.25) is 0 Å². The van der Waals surface area contributed by atoms with E-state index in [4.69, 9.17) is 14.7 Å². The lowest BCUT2D eigenvalue weighted by Gasteiger charge is -2.30. The monoisotopic (exact) mass is 584 g/mol. The first-order valence-corrected chi connectivity index (χ1v) is 16.1. The van der Waals surface area contributed by atoms with Gasteiger partial charge in [0, 0.05) is 46.7 Å². The first-order valence-electron chi connectivity index (χ1n) is 16.1. The average molecular weight is 585 g/mol. The SMILES string of the molecule is CC1=C(C2CC=CC3Oc4cc(-c5ccccc5)ccc4C32)N=C(c2ccc(-c3ccccc3)cc2)N=C(C2C=CC=CC2)C1. The average Bonchev–Trinajstić information content (AvgIpc) is 3.39. The fraction of sp³-hybridized carbons (Fsp3) is 0.190. The Morgan fingerprint density at radius 1 is 0.644 bits per heavy atom. The lowest BCUT2D eigenvalue weighted by molar-refractivity contribution is 0.221. The predicted octanol–water partition coefficient (Wildman–Crippen LogP) is 10.1. The van der Waals surface area contributed by atoms with Crippen LogP contribution in [0, 0.1) is 11.8 Å². The number of hydrogen-bond donors (Lipinski definition) is 0. The summed E-state index contributed by atoms with van der Waals surface area (Å²) in [7, 11) is 0. The van der Waals surface area contributed by atoms with E-state index in [1.54, 1.807) is 0 Å². The summed E-state index contributed by atoms with van der Waals surface area (Å²) in [5.41, 5.74) is 10.8. The van der Waals surface area contributed by atoms with Crippen molar-refractivity contribution in [3.05, 3.63) is 162 Å². The fourth-order valence-corrected chi connectivity index (χ4v) is 7.30. The lowest BCUT2D eigenvalue weighted by atomic mass is 9.75. The molecule has 4 atom stereocenters. The molecule has 4 unspecified atom stereocenters. The summed E-state index contributed by atoms with van der Waals surface area (Å²) in [5, 5.41) is 0. The number of benzene rings is 4. The summed E-state index contributed by atoms with van der Waals surface area (Å²) in [6.45, 7) is 2.26. The Kier molecular flexibility index (Phi) is 7.23. The van der Waals surface area contributed by atoms with E-state index >= 15 is 0 Å². The number of nitrogens with zero attached hydrogens (tertiary/aromatic N) is 2. The van der Waals surface area contributed by atoms with E-state index in [1.165, 1.54) is 39.1 Å². The van der Waals surface area contributed by atoms with Crippen LogP contribution in [0.4, 0.5) is 0 Å². The van der Waals surface area contributed by atoms with Crippen LogP contribution in [0.1, 0.15) is 43.2 Å². The quantitative estimate of drug-likeness (QED) is 0.215. The Balaban J connectivity index is 1.18. The molecule has 2 heterocycles. The van der Waals surface area contributed by atoms with E-state index in [9.17, 15) is 0 Å². The van der Waals surface area contributed by atoms with Crippen molar-refractivity contribution in [2.75, 3.05) is 0 Å².